The van der Waals surface area contributed by atoms with Gasteiger partial charge in [0.05, 0.1) is 0 Å². The lowest BCUT2D eigenvalue weighted by atomic mass is 9.69. The first-order chi connectivity index (χ1) is 14.6. The maximum absolute atomic E-state index is 13.2. The first kappa shape index (κ1) is 20.2. The molecular formula is C23H29N3O5. The van der Waals surface area contributed by atoms with Gasteiger partial charge >= 0.3 is 6.03 Å². The molecule has 3 fully saturated rings. The summed E-state index contributed by atoms with van der Waals surface area (Å²) in [5.74, 6) is 0.972. The van der Waals surface area contributed by atoms with E-state index in [-0.39, 0.29) is 36.1 Å². The summed E-state index contributed by atoms with van der Waals surface area (Å²) in [6.45, 7) is 8.29. The van der Waals surface area contributed by atoms with Gasteiger partial charge in [-0.15, -0.1) is 0 Å². The van der Waals surface area contributed by atoms with Crippen LogP contribution < -0.4 is 20.1 Å². The third-order valence-electron chi connectivity index (χ3n) is 8.66. The quantitative estimate of drug-likeness (QED) is 0.720. The van der Waals surface area contributed by atoms with Crippen molar-refractivity contribution in [3.8, 4) is 11.5 Å². The third-order valence-corrected chi connectivity index (χ3v) is 8.66. The van der Waals surface area contributed by atoms with Crippen molar-refractivity contribution in [1.82, 2.24) is 15.5 Å². The molecule has 31 heavy (non-hydrogen) atoms. The molecule has 0 aromatic heterocycles. The lowest BCUT2D eigenvalue weighted by molar-refractivity contribution is -0.135. The number of carbonyl (C=O) groups is 3. The van der Waals surface area contributed by atoms with Crippen LogP contribution in [0, 0.1) is 16.7 Å². The molecule has 2 bridgehead atoms. The molecule has 4 aliphatic rings. The van der Waals surface area contributed by atoms with Crippen molar-refractivity contribution in [3.05, 3.63) is 23.8 Å². The number of rotatable bonds is 4. The van der Waals surface area contributed by atoms with Gasteiger partial charge < -0.3 is 20.1 Å². The number of benzene rings is 1. The highest BCUT2D eigenvalue weighted by molar-refractivity contribution is 6.09. The second-order valence-corrected chi connectivity index (χ2v) is 10.2. The number of imide groups is 1. The highest BCUT2D eigenvalue weighted by atomic mass is 16.7. The summed E-state index contributed by atoms with van der Waals surface area (Å²) in [5.41, 5.74) is -0.478. The number of amides is 4. The molecule has 2 heterocycles. The minimum Gasteiger partial charge on any atom is -0.454 e. The molecule has 2 saturated carbocycles. The molecule has 1 aromatic carbocycles. The third kappa shape index (κ3) is 2.69. The minimum absolute atomic E-state index is 0.0333. The van der Waals surface area contributed by atoms with Crippen LogP contribution in [0.4, 0.5) is 4.79 Å². The fourth-order valence-corrected chi connectivity index (χ4v) is 6.05. The molecule has 1 aromatic rings. The molecule has 4 atom stereocenters. The Hall–Kier alpha value is -2.77. The summed E-state index contributed by atoms with van der Waals surface area (Å²) in [4.78, 5) is 39.7. The zero-order chi connectivity index (χ0) is 22.2. The fourth-order valence-electron chi connectivity index (χ4n) is 6.05. The second-order valence-electron chi connectivity index (χ2n) is 10.2. The van der Waals surface area contributed by atoms with Gasteiger partial charge in [0.1, 0.15) is 12.1 Å². The van der Waals surface area contributed by atoms with Crippen LogP contribution >= 0.6 is 0 Å². The van der Waals surface area contributed by atoms with Crippen LogP contribution in [-0.4, -0.2) is 42.1 Å². The molecule has 4 unspecified atom stereocenters. The van der Waals surface area contributed by atoms with E-state index in [0.717, 1.165) is 17.7 Å². The Balaban J connectivity index is 1.30. The van der Waals surface area contributed by atoms with Gasteiger partial charge in [0.15, 0.2) is 11.5 Å². The Morgan fingerprint density at radius 2 is 1.94 bits per heavy atom. The number of nitrogens with zero attached hydrogens (tertiary/aromatic N) is 1. The maximum atomic E-state index is 13.2. The Morgan fingerprint density at radius 3 is 2.61 bits per heavy atom. The molecule has 8 nitrogen and oxygen atoms in total. The molecule has 0 spiro atoms. The molecule has 2 aliphatic carbocycles. The summed E-state index contributed by atoms with van der Waals surface area (Å²) in [7, 11) is 0. The molecular weight excluding hydrogens is 398 g/mol. The van der Waals surface area contributed by atoms with Crippen molar-refractivity contribution >= 4 is 17.8 Å². The highest BCUT2D eigenvalue weighted by Gasteiger charge is 2.61. The van der Waals surface area contributed by atoms with Gasteiger partial charge in [-0.1, -0.05) is 26.8 Å². The maximum Gasteiger partial charge on any atom is 0.325 e. The number of ether oxygens (including phenoxy) is 2. The smallest absolute Gasteiger partial charge is 0.325 e. The van der Waals surface area contributed by atoms with E-state index in [1.54, 1.807) is 25.1 Å². The van der Waals surface area contributed by atoms with Crippen LogP contribution in [0.2, 0.25) is 0 Å². The predicted octanol–water partition coefficient (Wildman–Crippen LogP) is 2.51. The normalized spacial score (nSPS) is 34.9. The van der Waals surface area contributed by atoms with Crippen molar-refractivity contribution < 1.29 is 23.9 Å². The van der Waals surface area contributed by atoms with Gasteiger partial charge in [-0.25, -0.2) is 4.79 Å². The highest BCUT2D eigenvalue weighted by Crippen LogP contribution is 2.65. The molecule has 2 aliphatic heterocycles. The number of carbonyl (C=O) groups excluding carboxylic acids is 3. The molecule has 1 saturated heterocycles. The fraction of sp³-hybridized carbons (Fsp3) is 0.609. The SMILES string of the molecule is CC1(c2ccc3c(c2)OCO3)NC(=O)N(CC(=O)NC2CC3CCC2(C)C3(C)C)C1=O. The lowest BCUT2D eigenvalue weighted by Crippen LogP contribution is -2.50. The van der Waals surface area contributed by atoms with Crippen LogP contribution in [0.25, 0.3) is 0 Å². The lowest BCUT2D eigenvalue weighted by Gasteiger charge is -2.39. The van der Waals surface area contributed by atoms with Crippen LogP contribution in [0.1, 0.15) is 52.5 Å². The van der Waals surface area contributed by atoms with Gasteiger partial charge in [-0.3, -0.25) is 14.5 Å². The van der Waals surface area contributed by atoms with Gasteiger partial charge in [0.25, 0.3) is 5.91 Å². The summed E-state index contributed by atoms with van der Waals surface area (Å²) in [6.07, 6.45) is 3.22. The first-order valence-electron chi connectivity index (χ1n) is 10.9. The molecule has 2 N–H and O–H groups in total. The van der Waals surface area contributed by atoms with E-state index >= 15 is 0 Å². The van der Waals surface area contributed by atoms with Crippen LogP contribution in [0.3, 0.4) is 0 Å². The number of hydrogen-bond acceptors (Lipinski definition) is 5. The molecule has 5 rings (SSSR count). The predicted molar refractivity (Wildman–Crippen MR) is 111 cm³/mol. The van der Waals surface area contributed by atoms with Gasteiger partial charge in [0.2, 0.25) is 12.7 Å². The number of hydrogen-bond donors (Lipinski definition) is 2. The van der Waals surface area contributed by atoms with E-state index in [9.17, 15) is 14.4 Å². The molecule has 166 valence electrons. The van der Waals surface area contributed by atoms with E-state index in [4.69, 9.17) is 9.47 Å². The summed E-state index contributed by atoms with van der Waals surface area (Å²) >= 11 is 0. The van der Waals surface area contributed by atoms with Crippen molar-refractivity contribution in [2.45, 2.75) is 58.5 Å². The monoisotopic (exact) mass is 427 g/mol. The molecule has 8 heteroatoms. The van der Waals surface area contributed by atoms with Gasteiger partial charge in [-0.05, 0) is 60.6 Å². The van der Waals surface area contributed by atoms with Crippen LogP contribution in [0.5, 0.6) is 11.5 Å². The Morgan fingerprint density at radius 1 is 1.19 bits per heavy atom. The Bertz CT molecular complexity index is 991. The molecule has 4 amide bonds. The average Bonchev–Trinajstić information content (AvgIpc) is 3.38. The minimum atomic E-state index is -1.27. The van der Waals surface area contributed by atoms with Gasteiger partial charge in [0, 0.05) is 6.04 Å². The summed E-state index contributed by atoms with van der Waals surface area (Å²) in [6, 6.07) is 4.64. The van der Waals surface area contributed by atoms with E-state index in [1.807, 2.05) is 0 Å². The van der Waals surface area contributed by atoms with Crippen molar-refractivity contribution in [1.29, 1.82) is 0 Å². The Kier molecular flexibility index (Phi) is 4.14. The van der Waals surface area contributed by atoms with Gasteiger partial charge in [-0.2, -0.15) is 0 Å². The Labute approximate surface area is 181 Å². The summed E-state index contributed by atoms with van der Waals surface area (Å²) in [5, 5.41) is 5.87. The first-order valence-corrected chi connectivity index (χ1v) is 10.9. The average molecular weight is 428 g/mol. The van der Waals surface area contributed by atoms with Crippen molar-refractivity contribution in [2.24, 2.45) is 16.7 Å². The van der Waals surface area contributed by atoms with E-state index < -0.39 is 17.5 Å². The summed E-state index contributed by atoms with van der Waals surface area (Å²) < 4.78 is 10.7. The zero-order valence-corrected chi connectivity index (χ0v) is 18.4. The van der Waals surface area contributed by atoms with Crippen molar-refractivity contribution in [3.63, 3.8) is 0 Å². The largest absolute Gasteiger partial charge is 0.454 e. The number of nitrogens with one attached hydrogen (secondary N) is 2. The second kappa shape index (κ2) is 6.37. The van der Waals surface area contributed by atoms with Crippen LogP contribution in [-0.2, 0) is 15.1 Å². The zero-order valence-electron chi connectivity index (χ0n) is 18.4. The van der Waals surface area contributed by atoms with Crippen molar-refractivity contribution in [2.75, 3.05) is 13.3 Å². The number of fused-ring (bicyclic) bond motifs is 3. The van der Waals surface area contributed by atoms with E-state index in [1.165, 1.54) is 6.42 Å². The standard InChI is InChI=1S/C23H29N3O5/c1-21(2)13-7-8-22(21,3)17(10-13)24-18(27)11-26-19(28)23(4,25-20(26)29)14-5-6-15-16(9-14)31-12-30-15/h5-6,9,13,17H,7-8,10-12H2,1-4H3,(H,24,27)(H,25,29). The molecule has 0 radical (unpaired) electrons. The number of urea groups is 1. The topological polar surface area (TPSA) is 97.0 Å². The van der Waals surface area contributed by atoms with E-state index in [0.29, 0.717) is 23.0 Å². The van der Waals surface area contributed by atoms with Crippen LogP contribution in [0.15, 0.2) is 18.2 Å². The van der Waals surface area contributed by atoms with E-state index in [2.05, 4.69) is 31.4 Å².